The third kappa shape index (κ3) is 3.64. The van der Waals surface area contributed by atoms with Crippen LogP contribution < -0.4 is 5.73 Å². The van der Waals surface area contributed by atoms with E-state index >= 15 is 0 Å². The van der Waals surface area contributed by atoms with E-state index < -0.39 is 0 Å². The third-order valence-corrected chi connectivity index (χ3v) is 5.74. The summed E-state index contributed by atoms with van der Waals surface area (Å²) in [6, 6.07) is 16.8. The molecule has 0 saturated heterocycles. The van der Waals surface area contributed by atoms with Crippen molar-refractivity contribution in [3.05, 3.63) is 59.1 Å². The first-order chi connectivity index (χ1) is 10.2. The van der Waals surface area contributed by atoms with E-state index in [4.69, 9.17) is 5.73 Å². The summed E-state index contributed by atoms with van der Waals surface area (Å²) in [5, 5.41) is 1.13. The van der Waals surface area contributed by atoms with Crippen LogP contribution in [0.2, 0.25) is 0 Å². The number of aromatic nitrogens is 1. The highest BCUT2D eigenvalue weighted by atomic mass is 32.2. The normalized spacial score (nSPS) is 12.7. The van der Waals surface area contributed by atoms with Crippen LogP contribution in [0.15, 0.2) is 53.4 Å². The highest BCUT2D eigenvalue weighted by molar-refractivity contribution is 7.99. The zero-order chi connectivity index (χ0) is 14.7. The van der Waals surface area contributed by atoms with Crippen molar-refractivity contribution in [3.8, 4) is 0 Å². The Morgan fingerprint density at radius 2 is 1.90 bits per heavy atom. The Balaban J connectivity index is 1.61. The molecule has 0 aliphatic heterocycles. The summed E-state index contributed by atoms with van der Waals surface area (Å²) >= 11 is 3.58. The van der Waals surface area contributed by atoms with Crippen molar-refractivity contribution in [1.29, 1.82) is 0 Å². The number of fused-ring (bicyclic) bond motifs is 1. The monoisotopic (exact) mass is 314 g/mol. The molecule has 1 heterocycles. The van der Waals surface area contributed by atoms with Crippen LogP contribution in [-0.4, -0.2) is 16.8 Å². The van der Waals surface area contributed by atoms with Crippen LogP contribution in [0.1, 0.15) is 10.6 Å². The van der Waals surface area contributed by atoms with Gasteiger partial charge in [0.2, 0.25) is 0 Å². The van der Waals surface area contributed by atoms with E-state index in [2.05, 4.69) is 54.4 Å². The number of thiazole rings is 1. The number of hydrogen-bond acceptors (Lipinski definition) is 4. The van der Waals surface area contributed by atoms with Gasteiger partial charge in [0.15, 0.2) is 0 Å². The molecule has 0 spiro atoms. The van der Waals surface area contributed by atoms with Crippen LogP contribution in [0.4, 0.5) is 0 Å². The first kappa shape index (κ1) is 14.6. The first-order valence-electron chi connectivity index (χ1n) is 7.01. The van der Waals surface area contributed by atoms with Crippen LogP contribution in [0, 0.1) is 6.92 Å². The topological polar surface area (TPSA) is 38.9 Å². The van der Waals surface area contributed by atoms with Crippen LogP contribution in [-0.2, 0) is 6.42 Å². The minimum absolute atomic E-state index is 0.134. The summed E-state index contributed by atoms with van der Waals surface area (Å²) in [6.45, 7) is 2.14. The van der Waals surface area contributed by atoms with Gasteiger partial charge in [-0.3, -0.25) is 0 Å². The highest BCUT2D eigenvalue weighted by Gasteiger charge is 2.10. The second kappa shape index (κ2) is 6.60. The van der Waals surface area contributed by atoms with Crippen molar-refractivity contribution < 1.29 is 0 Å². The Hall–Kier alpha value is -1.36. The molecular weight excluding hydrogens is 296 g/mol. The van der Waals surface area contributed by atoms with Gasteiger partial charge in [-0.2, -0.15) is 0 Å². The zero-order valence-electron chi connectivity index (χ0n) is 12.0. The molecule has 108 valence electrons. The Kier molecular flexibility index (Phi) is 4.58. The maximum absolute atomic E-state index is 6.27. The fraction of sp³-hybridized carbons (Fsp3) is 0.235. The summed E-state index contributed by atoms with van der Waals surface area (Å²) in [4.78, 5) is 5.97. The average molecular weight is 314 g/mol. The van der Waals surface area contributed by atoms with Gasteiger partial charge in [0.1, 0.15) is 0 Å². The molecule has 0 saturated carbocycles. The fourth-order valence-corrected chi connectivity index (χ4v) is 4.25. The zero-order valence-corrected chi connectivity index (χ0v) is 13.6. The molecular formula is C17H18N2S2. The molecule has 21 heavy (non-hydrogen) atoms. The smallest absolute Gasteiger partial charge is 0.0954 e. The Bertz CT molecular complexity index is 703. The SMILES string of the molecule is Cc1ccccc1SCC(N)Cc1nc2ccccc2s1. The minimum Gasteiger partial charge on any atom is -0.327 e. The second-order valence-corrected chi connectivity index (χ2v) is 7.29. The van der Waals surface area contributed by atoms with E-state index in [9.17, 15) is 0 Å². The first-order valence-corrected chi connectivity index (χ1v) is 8.81. The molecule has 1 aromatic heterocycles. The van der Waals surface area contributed by atoms with E-state index in [0.717, 1.165) is 22.7 Å². The van der Waals surface area contributed by atoms with E-state index in [0.29, 0.717) is 0 Å². The Morgan fingerprint density at radius 3 is 2.71 bits per heavy atom. The lowest BCUT2D eigenvalue weighted by atomic mass is 10.2. The van der Waals surface area contributed by atoms with Gasteiger partial charge in [0.25, 0.3) is 0 Å². The molecule has 3 aromatic rings. The molecule has 0 bridgehead atoms. The fourth-order valence-electron chi connectivity index (χ4n) is 2.21. The molecule has 0 aliphatic carbocycles. The standard InChI is InChI=1S/C17H18N2S2/c1-12-6-2-4-8-15(12)20-11-13(18)10-17-19-14-7-3-5-9-16(14)21-17/h2-9,13H,10-11,18H2,1H3. The van der Waals surface area contributed by atoms with Crippen molar-refractivity contribution in [2.45, 2.75) is 24.3 Å². The van der Waals surface area contributed by atoms with E-state index in [1.807, 2.05) is 17.8 Å². The minimum atomic E-state index is 0.134. The Morgan fingerprint density at radius 1 is 1.14 bits per heavy atom. The van der Waals surface area contributed by atoms with Gasteiger partial charge in [-0.05, 0) is 30.7 Å². The average Bonchev–Trinajstić information content (AvgIpc) is 2.88. The number of thioether (sulfide) groups is 1. The number of benzene rings is 2. The molecule has 0 aliphatic rings. The molecule has 0 amide bonds. The molecule has 1 unspecified atom stereocenters. The van der Waals surface area contributed by atoms with Crippen molar-refractivity contribution in [2.24, 2.45) is 5.73 Å². The van der Waals surface area contributed by atoms with E-state index in [1.165, 1.54) is 15.2 Å². The molecule has 2 N–H and O–H groups in total. The van der Waals surface area contributed by atoms with Crippen LogP contribution in [0.5, 0.6) is 0 Å². The largest absolute Gasteiger partial charge is 0.327 e. The summed E-state index contributed by atoms with van der Waals surface area (Å²) in [5.74, 6) is 0.917. The van der Waals surface area contributed by atoms with Crippen LogP contribution >= 0.6 is 23.1 Å². The Labute approximate surface area is 133 Å². The van der Waals surface area contributed by atoms with Crippen LogP contribution in [0.25, 0.3) is 10.2 Å². The van der Waals surface area contributed by atoms with Gasteiger partial charge >= 0.3 is 0 Å². The van der Waals surface area contributed by atoms with Gasteiger partial charge < -0.3 is 5.73 Å². The lowest BCUT2D eigenvalue weighted by Crippen LogP contribution is -2.25. The van der Waals surface area contributed by atoms with Gasteiger partial charge in [0, 0.05) is 23.1 Å². The lowest BCUT2D eigenvalue weighted by molar-refractivity contribution is 0.745. The van der Waals surface area contributed by atoms with Gasteiger partial charge in [-0.25, -0.2) is 4.98 Å². The number of aryl methyl sites for hydroxylation is 1. The lowest BCUT2D eigenvalue weighted by Gasteiger charge is -2.10. The number of rotatable bonds is 5. The number of para-hydroxylation sites is 1. The second-order valence-electron chi connectivity index (χ2n) is 5.12. The van der Waals surface area contributed by atoms with E-state index in [1.54, 1.807) is 11.3 Å². The van der Waals surface area contributed by atoms with Crippen molar-refractivity contribution >= 4 is 33.3 Å². The van der Waals surface area contributed by atoms with Crippen molar-refractivity contribution in [2.75, 3.05) is 5.75 Å². The summed E-state index contributed by atoms with van der Waals surface area (Å²) in [5.41, 5.74) is 8.67. The summed E-state index contributed by atoms with van der Waals surface area (Å²) in [6.07, 6.45) is 0.845. The maximum atomic E-state index is 6.27. The molecule has 0 radical (unpaired) electrons. The van der Waals surface area contributed by atoms with Gasteiger partial charge in [-0.1, -0.05) is 30.3 Å². The molecule has 0 fully saturated rings. The number of nitrogens with two attached hydrogens (primary N) is 1. The summed E-state index contributed by atoms with van der Waals surface area (Å²) < 4.78 is 1.24. The maximum Gasteiger partial charge on any atom is 0.0954 e. The number of hydrogen-bond donors (Lipinski definition) is 1. The number of nitrogens with zero attached hydrogens (tertiary/aromatic N) is 1. The van der Waals surface area contributed by atoms with Crippen molar-refractivity contribution in [3.63, 3.8) is 0 Å². The van der Waals surface area contributed by atoms with E-state index in [-0.39, 0.29) is 6.04 Å². The molecule has 2 aromatic carbocycles. The van der Waals surface area contributed by atoms with Crippen LogP contribution in [0.3, 0.4) is 0 Å². The van der Waals surface area contributed by atoms with Gasteiger partial charge in [0.05, 0.1) is 15.2 Å². The predicted molar refractivity (Wildman–Crippen MR) is 93.2 cm³/mol. The molecule has 1 atom stereocenters. The third-order valence-electron chi connectivity index (χ3n) is 3.32. The highest BCUT2D eigenvalue weighted by Crippen LogP contribution is 2.25. The van der Waals surface area contributed by atoms with Crippen molar-refractivity contribution in [1.82, 2.24) is 4.98 Å². The summed E-state index contributed by atoms with van der Waals surface area (Å²) in [7, 11) is 0. The quantitative estimate of drug-likeness (QED) is 0.715. The molecule has 3 rings (SSSR count). The predicted octanol–water partition coefficient (Wildman–Crippen LogP) is 4.27. The molecule has 2 nitrogen and oxygen atoms in total. The molecule has 4 heteroatoms. The van der Waals surface area contributed by atoms with Gasteiger partial charge in [-0.15, -0.1) is 23.1 Å².